The average Bonchev–Trinajstić information content (AvgIpc) is 3.20. The van der Waals surface area contributed by atoms with Gasteiger partial charge in [0.15, 0.2) is 5.78 Å². The zero-order valence-electron chi connectivity index (χ0n) is 16.4. The van der Waals surface area contributed by atoms with Gasteiger partial charge in [0.2, 0.25) is 5.95 Å². The fourth-order valence-electron chi connectivity index (χ4n) is 2.85. The summed E-state index contributed by atoms with van der Waals surface area (Å²) in [6.45, 7) is 2.29. The SMILES string of the molecule is CC[C@@H](C#N)CC(=O)c1ccc(-c2nc(Nc3cnn(CCO)c3)ncc2Cl)cc1. The van der Waals surface area contributed by atoms with Gasteiger partial charge in [-0.1, -0.05) is 42.8 Å². The second kappa shape index (κ2) is 9.96. The fraction of sp³-hybridized carbons (Fsp3) is 0.286. The van der Waals surface area contributed by atoms with Gasteiger partial charge in [0.05, 0.1) is 53.9 Å². The molecule has 0 saturated carbocycles. The standard InChI is InChI=1S/C21H21ClN6O2/c1-2-14(10-23)9-19(30)15-3-5-16(6-4-15)20-18(22)12-24-21(27-20)26-17-11-25-28(13-17)7-8-29/h3-6,11-14,29H,2,7-9H2,1H3,(H,24,26,27)/t14-/m1/s1. The van der Waals surface area contributed by atoms with E-state index in [0.717, 1.165) is 5.56 Å². The Hall–Kier alpha value is -3.28. The van der Waals surface area contributed by atoms with Crippen LogP contribution in [0.5, 0.6) is 0 Å². The molecule has 30 heavy (non-hydrogen) atoms. The summed E-state index contributed by atoms with van der Waals surface area (Å²) in [6, 6.07) is 9.13. The van der Waals surface area contributed by atoms with Crippen molar-refractivity contribution in [2.75, 3.05) is 11.9 Å². The molecule has 2 aromatic heterocycles. The van der Waals surface area contributed by atoms with Crippen LogP contribution in [-0.4, -0.2) is 37.2 Å². The van der Waals surface area contributed by atoms with Crippen LogP contribution in [0.4, 0.5) is 11.6 Å². The molecular formula is C21H21ClN6O2. The van der Waals surface area contributed by atoms with Gasteiger partial charge in [0.1, 0.15) is 0 Å². The number of aliphatic hydroxyl groups excluding tert-OH is 1. The number of aromatic nitrogens is 4. The topological polar surface area (TPSA) is 117 Å². The van der Waals surface area contributed by atoms with Crippen molar-refractivity contribution in [3.63, 3.8) is 0 Å². The van der Waals surface area contributed by atoms with Crippen LogP contribution in [0.15, 0.2) is 42.9 Å². The van der Waals surface area contributed by atoms with Gasteiger partial charge in [0, 0.05) is 23.7 Å². The average molecular weight is 425 g/mol. The molecule has 154 valence electrons. The maximum absolute atomic E-state index is 12.4. The van der Waals surface area contributed by atoms with Crippen molar-refractivity contribution in [1.29, 1.82) is 5.26 Å². The van der Waals surface area contributed by atoms with Crippen molar-refractivity contribution in [2.45, 2.75) is 26.3 Å². The van der Waals surface area contributed by atoms with E-state index >= 15 is 0 Å². The normalized spacial score (nSPS) is 11.7. The number of hydrogen-bond acceptors (Lipinski definition) is 7. The molecule has 8 nitrogen and oxygen atoms in total. The highest BCUT2D eigenvalue weighted by atomic mass is 35.5. The molecule has 0 radical (unpaired) electrons. The Morgan fingerprint density at radius 3 is 2.77 bits per heavy atom. The number of Topliss-reactive ketones (excluding diaryl/α,β-unsaturated/α-hetero) is 1. The monoisotopic (exact) mass is 424 g/mol. The predicted octanol–water partition coefficient (Wildman–Crippen LogP) is 3.85. The van der Waals surface area contributed by atoms with E-state index in [1.807, 2.05) is 6.92 Å². The maximum atomic E-state index is 12.4. The third-order valence-electron chi connectivity index (χ3n) is 4.55. The highest BCUT2D eigenvalue weighted by molar-refractivity contribution is 6.32. The molecule has 2 heterocycles. The fourth-order valence-corrected chi connectivity index (χ4v) is 3.05. The molecule has 0 amide bonds. The molecule has 0 aliphatic heterocycles. The van der Waals surface area contributed by atoms with Crippen LogP contribution in [0, 0.1) is 17.2 Å². The van der Waals surface area contributed by atoms with E-state index in [1.54, 1.807) is 41.3 Å². The Balaban J connectivity index is 1.77. The van der Waals surface area contributed by atoms with Gasteiger partial charge in [-0.2, -0.15) is 10.4 Å². The summed E-state index contributed by atoms with van der Waals surface area (Å²) < 4.78 is 1.60. The van der Waals surface area contributed by atoms with E-state index < -0.39 is 0 Å². The smallest absolute Gasteiger partial charge is 0.227 e. The Labute approximate surface area is 179 Å². The van der Waals surface area contributed by atoms with Crippen molar-refractivity contribution in [1.82, 2.24) is 19.7 Å². The lowest BCUT2D eigenvalue weighted by atomic mass is 9.96. The van der Waals surface area contributed by atoms with Crippen molar-refractivity contribution < 1.29 is 9.90 Å². The van der Waals surface area contributed by atoms with Crippen molar-refractivity contribution in [2.24, 2.45) is 5.92 Å². The van der Waals surface area contributed by atoms with Gasteiger partial charge in [-0.15, -0.1) is 0 Å². The number of nitriles is 1. The van der Waals surface area contributed by atoms with Gasteiger partial charge in [-0.25, -0.2) is 9.97 Å². The van der Waals surface area contributed by atoms with Gasteiger partial charge in [-0.05, 0) is 6.42 Å². The van der Waals surface area contributed by atoms with E-state index in [9.17, 15) is 4.79 Å². The number of nitrogens with one attached hydrogen (secondary N) is 1. The first-order valence-corrected chi connectivity index (χ1v) is 9.88. The molecule has 1 atom stereocenters. The molecule has 0 aliphatic rings. The van der Waals surface area contributed by atoms with E-state index in [2.05, 4.69) is 26.5 Å². The Morgan fingerprint density at radius 2 is 2.10 bits per heavy atom. The molecule has 0 saturated heterocycles. The lowest BCUT2D eigenvalue weighted by Gasteiger charge is -2.09. The number of carbonyl (C=O) groups excluding carboxylic acids is 1. The van der Waals surface area contributed by atoms with Crippen LogP contribution >= 0.6 is 11.6 Å². The van der Waals surface area contributed by atoms with E-state index in [1.165, 1.54) is 6.20 Å². The van der Waals surface area contributed by atoms with Crippen molar-refractivity contribution >= 4 is 29.0 Å². The van der Waals surface area contributed by atoms with Crippen molar-refractivity contribution in [3.05, 3.63) is 53.4 Å². The molecule has 0 spiro atoms. The lowest BCUT2D eigenvalue weighted by molar-refractivity contribution is 0.0969. The number of hydrogen-bond donors (Lipinski definition) is 2. The van der Waals surface area contributed by atoms with Crippen LogP contribution in [0.3, 0.4) is 0 Å². The highest BCUT2D eigenvalue weighted by Crippen LogP contribution is 2.27. The van der Waals surface area contributed by atoms with Gasteiger partial charge >= 0.3 is 0 Å². The molecule has 3 rings (SSSR count). The predicted molar refractivity (Wildman–Crippen MR) is 113 cm³/mol. The van der Waals surface area contributed by atoms with E-state index in [4.69, 9.17) is 22.0 Å². The Bertz CT molecular complexity index is 1060. The summed E-state index contributed by atoms with van der Waals surface area (Å²) >= 11 is 6.29. The molecule has 0 fully saturated rings. The number of nitrogens with zero attached hydrogens (tertiary/aromatic N) is 5. The minimum atomic E-state index is -0.274. The second-order valence-corrected chi connectivity index (χ2v) is 7.08. The Morgan fingerprint density at radius 1 is 1.33 bits per heavy atom. The number of halogens is 1. The van der Waals surface area contributed by atoms with Crippen LogP contribution in [0.25, 0.3) is 11.3 Å². The summed E-state index contributed by atoms with van der Waals surface area (Å²) in [6.07, 6.45) is 5.70. The third kappa shape index (κ3) is 5.20. The second-order valence-electron chi connectivity index (χ2n) is 6.67. The Kier molecular flexibility index (Phi) is 7.12. The summed E-state index contributed by atoms with van der Waals surface area (Å²) in [5.74, 6) is 0.00717. The molecule has 1 aromatic carbocycles. The minimum absolute atomic E-state index is 0.00315. The molecule has 2 N–H and O–H groups in total. The highest BCUT2D eigenvalue weighted by Gasteiger charge is 2.14. The lowest BCUT2D eigenvalue weighted by Crippen LogP contribution is -2.06. The summed E-state index contributed by atoms with van der Waals surface area (Å²) in [5.41, 5.74) is 2.50. The molecule has 9 heteroatoms. The first-order valence-electron chi connectivity index (χ1n) is 9.50. The number of benzene rings is 1. The van der Waals surface area contributed by atoms with Gasteiger partial charge < -0.3 is 10.4 Å². The summed E-state index contributed by atoms with van der Waals surface area (Å²) in [4.78, 5) is 21.0. The molecule has 0 bridgehead atoms. The van der Waals surface area contributed by atoms with Crippen LogP contribution in [0.2, 0.25) is 5.02 Å². The van der Waals surface area contributed by atoms with Crippen LogP contribution in [-0.2, 0) is 6.54 Å². The maximum Gasteiger partial charge on any atom is 0.227 e. The third-order valence-corrected chi connectivity index (χ3v) is 4.83. The summed E-state index contributed by atoms with van der Waals surface area (Å²) in [5, 5.41) is 25.6. The molecule has 3 aromatic rings. The van der Waals surface area contributed by atoms with E-state index in [-0.39, 0.29) is 24.7 Å². The molecule has 0 aliphatic carbocycles. The van der Waals surface area contributed by atoms with Gasteiger partial charge in [0.25, 0.3) is 0 Å². The molecular weight excluding hydrogens is 404 g/mol. The first kappa shape index (κ1) is 21.4. The number of rotatable bonds is 9. The van der Waals surface area contributed by atoms with Gasteiger partial charge in [-0.3, -0.25) is 9.48 Å². The number of ketones is 1. The summed E-state index contributed by atoms with van der Waals surface area (Å²) in [7, 11) is 0. The number of anilines is 2. The zero-order valence-corrected chi connectivity index (χ0v) is 17.2. The molecule has 0 unspecified atom stereocenters. The number of carbonyl (C=O) groups is 1. The number of aliphatic hydroxyl groups is 1. The largest absolute Gasteiger partial charge is 0.394 e. The minimum Gasteiger partial charge on any atom is -0.394 e. The van der Waals surface area contributed by atoms with Crippen LogP contribution < -0.4 is 5.32 Å². The van der Waals surface area contributed by atoms with E-state index in [0.29, 0.717) is 40.9 Å². The van der Waals surface area contributed by atoms with Crippen molar-refractivity contribution in [3.8, 4) is 17.3 Å². The quantitative estimate of drug-likeness (QED) is 0.501. The zero-order chi connectivity index (χ0) is 21.5. The first-order chi connectivity index (χ1) is 14.5. The van der Waals surface area contributed by atoms with Crippen LogP contribution in [0.1, 0.15) is 30.1 Å².